The van der Waals surface area contributed by atoms with E-state index in [2.05, 4.69) is 5.32 Å². The quantitative estimate of drug-likeness (QED) is 0.735. The molecule has 0 aliphatic rings. The first-order valence-corrected chi connectivity index (χ1v) is 9.39. The Labute approximate surface area is 156 Å². The summed E-state index contributed by atoms with van der Waals surface area (Å²) >= 11 is 1.18. The SMILES string of the molecule is CCn1c(=O)sc2cc(NC(=O)C(C)Oc3cc(C)ccc3C)ccc21. The molecule has 2 aromatic carbocycles. The van der Waals surface area contributed by atoms with Gasteiger partial charge in [0, 0.05) is 12.2 Å². The van der Waals surface area contributed by atoms with E-state index < -0.39 is 6.10 Å². The molecule has 26 heavy (non-hydrogen) atoms. The number of carbonyl (C=O) groups excluding carboxylic acids is 1. The minimum Gasteiger partial charge on any atom is -0.481 e. The number of benzene rings is 2. The number of amides is 1. The molecule has 0 aliphatic heterocycles. The summed E-state index contributed by atoms with van der Waals surface area (Å²) in [5, 5.41) is 2.87. The molecule has 1 aromatic heterocycles. The fraction of sp³-hybridized carbons (Fsp3) is 0.300. The lowest BCUT2D eigenvalue weighted by Gasteiger charge is -2.17. The third kappa shape index (κ3) is 3.65. The van der Waals surface area contributed by atoms with E-state index in [0.29, 0.717) is 18.0 Å². The number of aryl methyl sites for hydroxylation is 3. The summed E-state index contributed by atoms with van der Waals surface area (Å²) in [6.45, 7) is 8.23. The van der Waals surface area contributed by atoms with Crippen LogP contribution in [0.4, 0.5) is 5.69 Å². The van der Waals surface area contributed by atoms with Gasteiger partial charge in [-0.2, -0.15) is 0 Å². The Morgan fingerprint density at radius 2 is 2.00 bits per heavy atom. The summed E-state index contributed by atoms with van der Waals surface area (Å²) in [4.78, 5) is 24.4. The van der Waals surface area contributed by atoms with Crippen LogP contribution in [0.15, 0.2) is 41.2 Å². The van der Waals surface area contributed by atoms with Gasteiger partial charge in [0.25, 0.3) is 5.91 Å². The van der Waals surface area contributed by atoms with Gasteiger partial charge < -0.3 is 10.1 Å². The summed E-state index contributed by atoms with van der Waals surface area (Å²) in [5.74, 6) is 0.480. The lowest BCUT2D eigenvalue weighted by molar-refractivity contribution is -0.122. The number of carbonyl (C=O) groups is 1. The van der Waals surface area contributed by atoms with E-state index in [0.717, 1.165) is 21.3 Å². The molecule has 0 saturated carbocycles. The molecule has 6 heteroatoms. The Bertz CT molecular complexity index is 1020. The molecular formula is C20H22N2O3S. The van der Waals surface area contributed by atoms with Crippen LogP contribution in [0.2, 0.25) is 0 Å². The number of hydrogen-bond acceptors (Lipinski definition) is 4. The van der Waals surface area contributed by atoms with Crippen molar-refractivity contribution in [1.29, 1.82) is 0 Å². The molecule has 1 N–H and O–H groups in total. The molecule has 0 fully saturated rings. The van der Waals surface area contributed by atoms with Crippen LogP contribution in [0.1, 0.15) is 25.0 Å². The van der Waals surface area contributed by atoms with Crippen LogP contribution < -0.4 is 14.9 Å². The summed E-state index contributed by atoms with van der Waals surface area (Å²) in [6.07, 6.45) is -0.634. The van der Waals surface area contributed by atoms with Crippen molar-refractivity contribution in [3.63, 3.8) is 0 Å². The third-order valence-corrected chi connectivity index (χ3v) is 5.21. The summed E-state index contributed by atoms with van der Waals surface area (Å²) in [7, 11) is 0. The highest BCUT2D eigenvalue weighted by atomic mass is 32.1. The van der Waals surface area contributed by atoms with Crippen LogP contribution in [0.3, 0.4) is 0 Å². The smallest absolute Gasteiger partial charge is 0.308 e. The fourth-order valence-electron chi connectivity index (χ4n) is 2.77. The summed E-state index contributed by atoms with van der Waals surface area (Å²) in [5.41, 5.74) is 3.62. The monoisotopic (exact) mass is 370 g/mol. The lowest BCUT2D eigenvalue weighted by atomic mass is 10.1. The molecule has 0 saturated heterocycles. The van der Waals surface area contributed by atoms with Crippen molar-refractivity contribution in [3.05, 3.63) is 57.2 Å². The minimum absolute atomic E-state index is 0.0117. The maximum Gasteiger partial charge on any atom is 0.308 e. The van der Waals surface area contributed by atoms with Crippen molar-refractivity contribution in [3.8, 4) is 5.75 Å². The van der Waals surface area contributed by atoms with Gasteiger partial charge in [-0.05, 0) is 63.1 Å². The largest absolute Gasteiger partial charge is 0.481 e. The van der Waals surface area contributed by atoms with E-state index in [9.17, 15) is 9.59 Å². The Morgan fingerprint density at radius 1 is 1.23 bits per heavy atom. The number of ether oxygens (including phenoxy) is 1. The Hall–Kier alpha value is -2.60. The normalized spacial score (nSPS) is 12.2. The van der Waals surface area contributed by atoms with Crippen molar-refractivity contribution in [2.24, 2.45) is 0 Å². The zero-order valence-electron chi connectivity index (χ0n) is 15.3. The van der Waals surface area contributed by atoms with Crippen molar-refractivity contribution < 1.29 is 9.53 Å². The highest BCUT2D eigenvalue weighted by Crippen LogP contribution is 2.23. The molecule has 1 amide bonds. The number of rotatable bonds is 5. The summed E-state index contributed by atoms with van der Waals surface area (Å²) in [6, 6.07) is 11.4. The maximum atomic E-state index is 12.5. The number of aromatic nitrogens is 1. The third-order valence-electron chi connectivity index (χ3n) is 4.27. The molecule has 3 rings (SSSR count). The van der Waals surface area contributed by atoms with E-state index in [1.807, 2.05) is 57.2 Å². The molecule has 0 radical (unpaired) electrons. The predicted molar refractivity (Wildman–Crippen MR) is 106 cm³/mol. The van der Waals surface area contributed by atoms with Gasteiger partial charge in [-0.25, -0.2) is 0 Å². The van der Waals surface area contributed by atoms with E-state index in [4.69, 9.17) is 4.74 Å². The molecule has 136 valence electrons. The molecule has 1 unspecified atom stereocenters. The van der Waals surface area contributed by atoms with Gasteiger partial charge >= 0.3 is 4.87 Å². The topological polar surface area (TPSA) is 60.3 Å². The first-order valence-electron chi connectivity index (χ1n) is 8.57. The van der Waals surface area contributed by atoms with Gasteiger partial charge in [0.1, 0.15) is 5.75 Å². The molecule has 3 aromatic rings. The van der Waals surface area contributed by atoms with E-state index in [1.54, 1.807) is 11.5 Å². The number of anilines is 1. The average Bonchev–Trinajstić information content (AvgIpc) is 2.92. The minimum atomic E-state index is -0.634. The second-order valence-corrected chi connectivity index (χ2v) is 7.31. The standard InChI is InChI=1S/C20H22N2O3S/c1-5-22-16-9-8-15(11-18(16)26-20(22)24)21-19(23)14(4)25-17-10-12(2)6-7-13(17)3/h6-11,14H,5H2,1-4H3,(H,21,23). The molecule has 0 bridgehead atoms. The predicted octanol–water partition coefficient (Wildman–Crippen LogP) is 4.11. The van der Waals surface area contributed by atoms with Gasteiger partial charge in [-0.15, -0.1) is 0 Å². The molecule has 1 atom stereocenters. The highest BCUT2D eigenvalue weighted by Gasteiger charge is 2.17. The van der Waals surface area contributed by atoms with Crippen LogP contribution in [0, 0.1) is 13.8 Å². The van der Waals surface area contributed by atoms with E-state index in [-0.39, 0.29) is 10.8 Å². The van der Waals surface area contributed by atoms with Crippen molar-refractivity contribution in [2.45, 2.75) is 40.3 Å². The Kier molecular flexibility index (Phi) is 5.13. The van der Waals surface area contributed by atoms with Crippen LogP contribution in [-0.2, 0) is 11.3 Å². The number of nitrogens with one attached hydrogen (secondary N) is 1. The van der Waals surface area contributed by atoms with Crippen molar-refractivity contribution in [1.82, 2.24) is 4.57 Å². The van der Waals surface area contributed by atoms with Crippen LogP contribution in [0.25, 0.3) is 10.2 Å². The van der Waals surface area contributed by atoms with Gasteiger partial charge in [0.15, 0.2) is 6.10 Å². The second-order valence-electron chi connectivity index (χ2n) is 6.31. The van der Waals surface area contributed by atoms with Gasteiger partial charge in [0.05, 0.1) is 10.2 Å². The first-order chi connectivity index (χ1) is 12.4. The second kappa shape index (κ2) is 7.33. The zero-order valence-corrected chi connectivity index (χ0v) is 16.1. The number of fused-ring (bicyclic) bond motifs is 1. The maximum absolute atomic E-state index is 12.5. The lowest BCUT2D eigenvalue weighted by Crippen LogP contribution is -2.30. The van der Waals surface area contributed by atoms with Crippen LogP contribution >= 0.6 is 11.3 Å². The van der Waals surface area contributed by atoms with E-state index >= 15 is 0 Å². The van der Waals surface area contributed by atoms with Gasteiger partial charge in [0.2, 0.25) is 0 Å². The Balaban J connectivity index is 1.75. The van der Waals surface area contributed by atoms with Crippen molar-refractivity contribution >= 4 is 33.1 Å². The van der Waals surface area contributed by atoms with Crippen molar-refractivity contribution in [2.75, 3.05) is 5.32 Å². The highest BCUT2D eigenvalue weighted by molar-refractivity contribution is 7.16. The van der Waals surface area contributed by atoms with Crippen LogP contribution in [-0.4, -0.2) is 16.6 Å². The summed E-state index contributed by atoms with van der Waals surface area (Å²) < 4.78 is 8.40. The van der Waals surface area contributed by atoms with Gasteiger partial charge in [-0.1, -0.05) is 23.5 Å². The number of thiazole rings is 1. The molecule has 0 spiro atoms. The molecule has 0 aliphatic carbocycles. The fourth-order valence-corrected chi connectivity index (χ4v) is 3.76. The Morgan fingerprint density at radius 3 is 2.73 bits per heavy atom. The molecule has 5 nitrogen and oxygen atoms in total. The van der Waals surface area contributed by atoms with Gasteiger partial charge in [-0.3, -0.25) is 14.2 Å². The molecule has 1 heterocycles. The first kappa shape index (κ1) is 18.2. The number of nitrogens with zero attached hydrogens (tertiary/aromatic N) is 1. The zero-order chi connectivity index (χ0) is 18.8. The van der Waals surface area contributed by atoms with Crippen LogP contribution in [0.5, 0.6) is 5.75 Å². The molecular weight excluding hydrogens is 348 g/mol. The average molecular weight is 370 g/mol. The van der Waals surface area contributed by atoms with E-state index in [1.165, 1.54) is 11.3 Å². The number of hydrogen-bond donors (Lipinski definition) is 1.